The Morgan fingerprint density at radius 2 is 1.92 bits per heavy atom. The third-order valence-electron chi connectivity index (χ3n) is 1.33. The van der Waals surface area contributed by atoms with E-state index in [4.69, 9.17) is 0 Å². The van der Waals surface area contributed by atoms with Crippen molar-refractivity contribution >= 4 is 12.9 Å². The molecule has 1 atom stereocenters. The number of rotatable bonds is 7. The van der Waals surface area contributed by atoms with Crippen molar-refractivity contribution in [3.8, 4) is 0 Å². The van der Waals surface area contributed by atoms with Crippen molar-refractivity contribution in [1.82, 2.24) is 0 Å². The summed E-state index contributed by atoms with van der Waals surface area (Å²) in [4.78, 5) is 28.2. The van der Waals surface area contributed by atoms with Gasteiger partial charge in [-0.25, -0.2) is 9.59 Å². The summed E-state index contributed by atoms with van der Waals surface area (Å²) < 4.78 is 4.52. The van der Waals surface area contributed by atoms with Crippen LogP contribution in [-0.2, 0) is 24.1 Å². The van der Waals surface area contributed by atoms with Crippen LogP contribution in [0.2, 0.25) is 0 Å². The maximum atomic E-state index is 9.83. The van der Waals surface area contributed by atoms with Gasteiger partial charge in [0, 0.05) is 6.42 Å². The lowest BCUT2D eigenvalue weighted by molar-refractivity contribution is -0.299. The molecule has 5 heteroatoms. The molecule has 0 aromatic rings. The summed E-state index contributed by atoms with van der Waals surface area (Å²) in [7, 11) is 0. The third-order valence-corrected chi connectivity index (χ3v) is 1.33. The van der Waals surface area contributed by atoms with Gasteiger partial charge in [0.05, 0.1) is 0 Å². The van der Waals surface area contributed by atoms with Crippen LogP contribution in [0.5, 0.6) is 0 Å². The van der Waals surface area contributed by atoms with Crippen LogP contribution in [0.15, 0.2) is 0 Å². The largest absolute Gasteiger partial charge is 0.454 e. The van der Waals surface area contributed by atoms with Gasteiger partial charge in [0.1, 0.15) is 11.7 Å². The third kappa shape index (κ3) is 6.10. The second-order valence-corrected chi connectivity index (χ2v) is 3.23. The highest BCUT2D eigenvalue weighted by molar-refractivity contribution is 5.38. The van der Waals surface area contributed by atoms with E-state index in [2.05, 4.69) is 14.5 Å². The summed E-state index contributed by atoms with van der Waals surface area (Å²) in [5.41, 5.74) is -0.715. The topological polar surface area (TPSA) is 61.8 Å². The van der Waals surface area contributed by atoms with Gasteiger partial charge in [-0.2, -0.15) is 4.89 Å². The first kappa shape index (κ1) is 11.9. The summed E-state index contributed by atoms with van der Waals surface area (Å²) >= 11 is 0. The highest BCUT2D eigenvalue weighted by Crippen LogP contribution is 2.17. The molecule has 2 radical (unpaired) electrons. The monoisotopic (exact) mass is 188 g/mol. The normalized spacial score (nSPS) is 13.2. The first-order valence-electron chi connectivity index (χ1n) is 3.76. The molecule has 0 amide bonds. The molecular formula is C8H12O5. The van der Waals surface area contributed by atoms with E-state index in [1.165, 1.54) is 6.47 Å². The van der Waals surface area contributed by atoms with Gasteiger partial charge < -0.3 is 4.74 Å². The lowest BCUT2D eigenvalue weighted by Gasteiger charge is -2.23. The van der Waals surface area contributed by atoms with Gasteiger partial charge in [-0.3, -0.25) is 4.89 Å². The zero-order valence-corrected chi connectivity index (χ0v) is 7.83. The molecule has 0 bridgehead atoms. The van der Waals surface area contributed by atoms with Crippen molar-refractivity contribution in [2.45, 2.75) is 38.9 Å². The van der Waals surface area contributed by atoms with E-state index < -0.39 is 5.60 Å². The van der Waals surface area contributed by atoms with Gasteiger partial charge in [-0.1, -0.05) is 0 Å². The van der Waals surface area contributed by atoms with E-state index in [-0.39, 0.29) is 6.10 Å². The van der Waals surface area contributed by atoms with Crippen LogP contribution in [0.25, 0.3) is 0 Å². The molecule has 0 saturated heterocycles. The highest BCUT2D eigenvalue weighted by Gasteiger charge is 2.24. The van der Waals surface area contributed by atoms with Crippen LogP contribution in [0.3, 0.4) is 0 Å². The molecule has 0 N–H and O–H groups in total. The Kier molecular flexibility index (Phi) is 5.06. The molecule has 0 aliphatic rings. The summed E-state index contributed by atoms with van der Waals surface area (Å²) in [5.74, 6) is 0. The Labute approximate surface area is 76.9 Å². The molecule has 0 heterocycles. The van der Waals surface area contributed by atoms with Gasteiger partial charge in [0.25, 0.3) is 0 Å². The van der Waals surface area contributed by atoms with Crippen molar-refractivity contribution in [2.24, 2.45) is 0 Å². The summed E-state index contributed by atoms with van der Waals surface area (Å²) in [6.07, 6.45) is 0.0481. The molecular weight excluding hydrogens is 176 g/mol. The molecule has 0 aromatic heterocycles. The maximum Gasteiger partial charge on any atom is 0.453 e. The van der Waals surface area contributed by atoms with Crippen LogP contribution in [0.1, 0.15) is 27.2 Å². The van der Waals surface area contributed by atoms with Gasteiger partial charge in [0.2, 0.25) is 0 Å². The smallest absolute Gasteiger partial charge is 0.453 e. The summed E-state index contributed by atoms with van der Waals surface area (Å²) in [6.45, 7) is 7.52. The Bertz CT molecular complexity index is 166. The maximum absolute atomic E-state index is 9.83. The summed E-state index contributed by atoms with van der Waals surface area (Å²) in [5, 5.41) is 0. The molecule has 5 nitrogen and oxygen atoms in total. The van der Waals surface area contributed by atoms with Crippen molar-refractivity contribution < 1.29 is 24.1 Å². The Morgan fingerprint density at radius 1 is 1.31 bits per heavy atom. The quantitative estimate of drug-likeness (QED) is 0.433. The molecule has 0 fully saturated rings. The second-order valence-electron chi connectivity index (χ2n) is 3.23. The molecule has 0 aromatic carbocycles. The van der Waals surface area contributed by atoms with Crippen LogP contribution in [-0.4, -0.2) is 24.6 Å². The van der Waals surface area contributed by atoms with E-state index in [0.29, 0.717) is 6.42 Å². The first-order chi connectivity index (χ1) is 6.02. The predicted molar refractivity (Wildman–Crippen MR) is 42.8 cm³/mol. The number of hydrogen-bond acceptors (Lipinski definition) is 5. The minimum absolute atomic E-state index is 0.345. The number of ether oxygens (including phenoxy) is 1. The lowest BCUT2D eigenvalue weighted by Crippen LogP contribution is -2.30. The number of carbonyl (C=O) groups excluding carboxylic acids is 2. The zero-order chi connectivity index (χ0) is 10.3. The molecule has 0 aliphatic heterocycles. The minimum atomic E-state index is -0.715. The van der Waals surface area contributed by atoms with Crippen molar-refractivity contribution in [2.75, 3.05) is 0 Å². The van der Waals surface area contributed by atoms with E-state index in [1.54, 1.807) is 20.8 Å². The van der Waals surface area contributed by atoms with Crippen molar-refractivity contribution in [3.05, 3.63) is 0 Å². The number of hydrogen-bond donors (Lipinski definition) is 0. The SMILES string of the molecule is CC(CC(C)(C)OO[C]=O)O[C]=O. The standard InChI is InChI=1S/C8H12O5/c1-7(11-5-9)4-8(2,3)13-12-6-10/h7H,4H2,1-3H3. The van der Waals surface area contributed by atoms with E-state index in [9.17, 15) is 9.59 Å². The Balaban J connectivity index is 3.84. The average Bonchev–Trinajstić information content (AvgIpc) is 2.00. The van der Waals surface area contributed by atoms with Gasteiger partial charge in [-0.15, -0.1) is 0 Å². The molecule has 0 aliphatic carbocycles. The van der Waals surface area contributed by atoms with Crippen LogP contribution < -0.4 is 0 Å². The van der Waals surface area contributed by atoms with Gasteiger partial charge in [0.15, 0.2) is 0 Å². The fourth-order valence-electron chi connectivity index (χ4n) is 0.980. The Morgan fingerprint density at radius 3 is 2.38 bits per heavy atom. The molecule has 0 spiro atoms. The Hall–Kier alpha value is -1.10. The molecule has 13 heavy (non-hydrogen) atoms. The molecule has 74 valence electrons. The van der Waals surface area contributed by atoms with E-state index in [0.717, 1.165) is 6.47 Å². The van der Waals surface area contributed by atoms with Gasteiger partial charge in [-0.05, 0) is 20.8 Å². The lowest BCUT2D eigenvalue weighted by atomic mass is 10.0. The minimum Gasteiger partial charge on any atom is -0.454 e. The van der Waals surface area contributed by atoms with Crippen LogP contribution in [0, 0.1) is 0 Å². The average molecular weight is 188 g/mol. The predicted octanol–water partition coefficient (Wildman–Crippen LogP) is 0.643. The van der Waals surface area contributed by atoms with Crippen molar-refractivity contribution in [1.29, 1.82) is 0 Å². The second kappa shape index (κ2) is 5.53. The molecule has 0 rings (SSSR count). The van der Waals surface area contributed by atoms with Crippen LogP contribution >= 0.6 is 0 Å². The molecule has 0 saturated carbocycles. The fourth-order valence-corrected chi connectivity index (χ4v) is 0.980. The van der Waals surface area contributed by atoms with Crippen molar-refractivity contribution in [3.63, 3.8) is 0 Å². The fraction of sp³-hybridized carbons (Fsp3) is 0.750. The van der Waals surface area contributed by atoms with E-state index in [1.807, 2.05) is 0 Å². The van der Waals surface area contributed by atoms with E-state index >= 15 is 0 Å². The molecule has 1 unspecified atom stereocenters. The first-order valence-corrected chi connectivity index (χ1v) is 3.76. The summed E-state index contributed by atoms with van der Waals surface area (Å²) in [6, 6.07) is 0. The van der Waals surface area contributed by atoms with Crippen LogP contribution in [0.4, 0.5) is 0 Å². The highest BCUT2D eigenvalue weighted by atomic mass is 17.2. The zero-order valence-electron chi connectivity index (χ0n) is 7.83. The van der Waals surface area contributed by atoms with Gasteiger partial charge >= 0.3 is 12.9 Å².